The van der Waals surface area contributed by atoms with Gasteiger partial charge in [-0.2, -0.15) is 0 Å². The van der Waals surface area contributed by atoms with Gasteiger partial charge < -0.3 is 14.8 Å². The van der Waals surface area contributed by atoms with Crippen LogP contribution in [-0.4, -0.2) is 41.3 Å². The fraction of sp³-hybridized carbons (Fsp3) is 0.409. The van der Waals surface area contributed by atoms with Crippen molar-refractivity contribution in [2.75, 3.05) is 31.3 Å². The summed E-state index contributed by atoms with van der Waals surface area (Å²) in [4.78, 5) is 12.8. The third kappa shape index (κ3) is 6.66. The van der Waals surface area contributed by atoms with Gasteiger partial charge in [-0.1, -0.05) is 32.0 Å². The third-order valence-corrected chi connectivity index (χ3v) is 5.73. The van der Waals surface area contributed by atoms with Crippen molar-refractivity contribution in [1.29, 1.82) is 0 Å². The molecule has 0 aliphatic heterocycles. The summed E-state index contributed by atoms with van der Waals surface area (Å²) in [6.45, 7) is 3.82. The van der Waals surface area contributed by atoms with Gasteiger partial charge in [0.05, 0.1) is 32.2 Å². The number of ether oxygens (including phenoxy) is 2. The minimum atomic E-state index is -3.67. The van der Waals surface area contributed by atoms with Crippen molar-refractivity contribution in [3.63, 3.8) is 0 Å². The van der Waals surface area contributed by atoms with Gasteiger partial charge in [0.25, 0.3) is 0 Å². The quantitative estimate of drug-likeness (QED) is 0.620. The van der Waals surface area contributed by atoms with E-state index >= 15 is 0 Å². The zero-order chi connectivity index (χ0) is 22.3. The van der Waals surface area contributed by atoms with Gasteiger partial charge in [-0.05, 0) is 42.2 Å². The van der Waals surface area contributed by atoms with Gasteiger partial charge in [0, 0.05) is 6.07 Å². The predicted octanol–water partition coefficient (Wildman–Crippen LogP) is 3.37. The van der Waals surface area contributed by atoms with E-state index in [1.807, 2.05) is 24.3 Å². The molecule has 1 amide bonds. The molecule has 2 rings (SSSR count). The van der Waals surface area contributed by atoms with E-state index in [1.165, 1.54) is 7.11 Å². The lowest BCUT2D eigenvalue weighted by atomic mass is 9.97. The normalized spacial score (nSPS) is 12.3. The van der Waals surface area contributed by atoms with Gasteiger partial charge in [-0.3, -0.25) is 9.10 Å². The molecule has 2 aromatic rings. The number of carbonyl (C=O) groups is 1. The Bertz CT molecular complexity index is 942. The van der Waals surface area contributed by atoms with E-state index in [1.54, 1.807) is 31.4 Å². The molecule has 164 valence electrons. The fourth-order valence-corrected chi connectivity index (χ4v) is 3.97. The summed E-state index contributed by atoms with van der Waals surface area (Å²) >= 11 is 0. The first-order valence-corrected chi connectivity index (χ1v) is 11.5. The van der Waals surface area contributed by atoms with E-state index in [-0.39, 0.29) is 18.5 Å². The molecule has 0 fully saturated rings. The summed E-state index contributed by atoms with van der Waals surface area (Å²) in [5, 5.41) is 2.99. The lowest BCUT2D eigenvalue weighted by Crippen LogP contribution is -2.41. The van der Waals surface area contributed by atoms with Crippen molar-refractivity contribution < 1.29 is 22.7 Å². The Balaban J connectivity index is 2.23. The average Bonchev–Trinajstić information content (AvgIpc) is 2.70. The van der Waals surface area contributed by atoms with E-state index in [4.69, 9.17) is 9.47 Å². The van der Waals surface area contributed by atoms with E-state index in [0.29, 0.717) is 17.4 Å². The van der Waals surface area contributed by atoms with Gasteiger partial charge in [-0.15, -0.1) is 0 Å². The number of anilines is 1. The minimum absolute atomic E-state index is 0.241. The highest BCUT2D eigenvalue weighted by atomic mass is 32.2. The van der Waals surface area contributed by atoms with Crippen LogP contribution in [0.4, 0.5) is 5.69 Å². The Hall–Kier alpha value is -2.74. The largest absolute Gasteiger partial charge is 0.497 e. The molecule has 0 aliphatic carbocycles. The molecule has 1 atom stereocenters. The first kappa shape index (κ1) is 23.5. The number of nitrogens with one attached hydrogen (secondary N) is 1. The molecular weight excluding hydrogens is 404 g/mol. The maximum absolute atomic E-state index is 12.8. The Morgan fingerprint density at radius 2 is 1.67 bits per heavy atom. The summed E-state index contributed by atoms with van der Waals surface area (Å²) in [6, 6.07) is 13.9. The third-order valence-electron chi connectivity index (χ3n) is 4.59. The van der Waals surface area contributed by atoms with Gasteiger partial charge in [0.1, 0.15) is 18.0 Å². The molecule has 8 heteroatoms. The summed E-state index contributed by atoms with van der Waals surface area (Å²) in [5.41, 5.74) is 1.31. The van der Waals surface area contributed by atoms with Crippen molar-refractivity contribution in [3.05, 3.63) is 54.1 Å². The van der Waals surface area contributed by atoms with Gasteiger partial charge >= 0.3 is 0 Å². The highest BCUT2D eigenvalue weighted by Gasteiger charge is 2.24. The van der Waals surface area contributed by atoms with Crippen LogP contribution in [0.3, 0.4) is 0 Å². The summed E-state index contributed by atoms with van der Waals surface area (Å²) in [5.74, 6) is 1.19. The average molecular weight is 435 g/mol. The van der Waals surface area contributed by atoms with Gasteiger partial charge in [0.2, 0.25) is 15.9 Å². The maximum atomic E-state index is 12.8. The van der Waals surface area contributed by atoms with E-state index in [2.05, 4.69) is 19.2 Å². The molecule has 0 bridgehead atoms. The van der Waals surface area contributed by atoms with Crippen LogP contribution in [-0.2, 0) is 14.8 Å². The number of methoxy groups -OCH3 is 2. The van der Waals surface area contributed by atoms with Crippen LogP contribution in [0.15, 0.2) is 48.5 Å². The van der Waals surface area contributed by atoms with Gasteiger partial charge in [-0.25, -0.2) is 8.42 Å². The van der Waals surface area contributed by atoms with Gasteiger partial charge in [0.15, 0.2) is 0 Å². The summed E-state index contributed by atoms with van der Waals surface area (Å²) in [7, 11) is -0.570. The summed E-state index contributed by atoms with van der Waals surface area (Å²) < 4.78 is 36.2. The van der Waals surface area contributed by atoms with Crippen LogP contribution in [0.25, 0.3) is 0 Å². The van der Waals surface area contributed by atoms with E-state index in [0.717, 1.165) is 28.3 Å². The molecule has 0 saturated heterocycles. The number of nitrogens with zero attached hydrogens (tertiary/aromatic N) is 1. The Labute approximate surface area is 179 Å². The Morgan fingerprint density at radius 3 is 2.20 bits per heavy atom. The van der Waals surface area contributed by atoms with Crippen LogP contribution in [0.5, 0.6) is 11.5 Å². The summed E-state index contributed by atoms with van der Waals surface area (Å²) in [6.07, 6.45) is 1.80. The maximum Gasteiger partial charge on any atom is 0.241 e. The molecule has 2 aromatic carbocycles. The number of amides is 1. The van der Waals surface area contributed by atoms with Crippen LogP contribution in [0, 0.1) is 5.92 Å². The zero-order valence-electron chi connectivity index (χ0n) is 18.1. The lowest BCUT2D eigenvalue weighted by molar-refractivity contribution is -0.120. The highest BCUT2D eigenvalue weighted by Crippen LogP contribution is 2.25. The molecule has 0 aliphatic rings. The molecule has 0 saturated carbocycles. The fourth-order valence-electron chi connectivity index (χ4n) is 3.12. The van der Waals surface area contributed by atoms with Crippen molar-refractivity contribution >= 4 is 21.6 Å². The van der Waals surface area contributed by atoms with Crippen LogP contribution in [0.2, 0.25) is 0 Å². The molecule has 30 heavy (non-hydrogen) atoms. The van der Waals surface area contributed by atoms with Crippen LogP contribution in [0.1, 0.15) is 31.9 Å². The topological polar surface area (TPSA) is 84.9 Å². The molecule has 0 radical (unpaired) electrons. The molecule has 0 heterocycles. The van der Waals surface area contributed by atoms with E-state index in [9.17, 15) is 13.2 Å². The number of rotatable bonds is 10. The second-order valence-corrected chi connectivity index (χ2v) is 9.40. The predicted molar refractivity (Wildman–Crippen MR) is 119 cm³/mol. The number of hydrogen-bond acceptors (Lipinski definition) is 5. The first-order valence-electron chi connectivity index (χ1n) is 9.69. The van der Waals surface area contributed by atoms with Crippen molar-refractivity contribution in [2.45, 2.75) is 26.3 Å². The second kappa shape index (κ2) is 10.3. The van der Waals surface area contributed by atoms with Crippen molar-refractivity contribution in [2.24, 2.45) is 5.92 Å². The SMILES string of the molecule is COc1ccc([C@H](CC(C)C)NC(=O)CN(c2cccc(OC)c2)S(C)(=O)=O)cc1. The lowest BCUT2D eigenvalue weighted by Gasteiger charge is -2.25. The highest BCUT2D eigenvalue weighted by molar-refractivity contribution is 7.92. The molecule has 0 spiro atoms. The number of benzene rings is 2. The molecule has 1 N–H and O–H groups in total. The van der Waals surface area contributed by atoms with E-state index < -0.39 is 10.0 Å². The van der Waals surface area contributed by atoms with Crippen molar-refractivity contribution in [3.8, 4) is 11.5 Å². The monoisotopic (exact) mass is 434 g/mol. The zero-order valence-corrected chi connectivity index (χ0v) is 18.9. The molecule has 7 nitrogen and oxygen atoms in total. The Kier molecular flexibility index (Phi) is 8.11. The first-order chi connectivity index (χ1) is 14.1. The molecular formula is C22H30N2O5S. The van der Waals surface area contributed by atoms with Crippen LogP contribution >= 0.6 is 0 Å². The standard InChI is InChI=1S/C22H30N2O5S/c1-16(2)13-21(17-9-11-19(28-3)12-10-17)23-22(25)15-24(30(5,26)27)18-7-6-8-20(14-18)29-4/h6-12,14,16,21H,13,15H2,1-5H3,(H,23,25)/t21-/m0/s1. The number of hydrogen-bond donors (Lipinski definition) is 1. The van der Waals surface area contributed by atoms with Crippen molar-refractivity contribution in [1.82, 2.24) is 5.32 Å². The molecule has 0 unspecified atom stereocenters. The number of sulfonamides is 1. The van der Waals surface area contributed by atoms with Crippen LogP contribution < -0.4 is 19.1 Å². The smallest absolute Gasteiger partial charge is 0.241 e. The molecule has 0 aromatic heterocycles. The second-order valence-electron chi connectivity index (χ2n) is 7.49. The Morgan fingerprint density at radius 1 is 1.03 bits per heavy atom. The minimum Gasteiger partial charge on any atom is -0.497 e. The number of carbonyl (C=O) groups excluding carboxylic acids is 1.